The summed E-state index contributed by atoms with van der Waals surface area (Å²) in [5.41, 5.74) is 6.10. The lowest BCUT2D eigenvalue weighted by Crippen LogP contribution is -2.10. The molecule has 0 aliphatic carbocycles. The molecule has 3 rings (SSSR count). The third-order valence-electron chi connectivity index (χ3n) is 5.02. The predicted molar refractivity (Wildman–Crippen MR) is 123 cm³/mol. The average Bonchev–Trinajstić information content (AvgIpc) is 2.74. The number of anilines is 2. The van der Waals surface area contributed by atoms with E-state index in [4.69, 9.17) is 11.2 Å². The van der Waals surface area contributed by atoms with Gasteiger partial charge in [0.15, 0.2) is 0 Å². The minimum Gasteiger partial charge on any atom is -0.481 e. The van der Waals surface area contributed by atoms with Crippen LogP contribution in [-0.2, 0) is 0 Å². The van der Waals surface area contributed by atoms with Crippen LogP contribution in [0.4, 0.5) is 11.4 Å². The molecule has 0 bridgehead atoms. The molecular weight excluding hydrogens is 356 g/mol. The van der Waals surface area contributed by atoms with Gasteiger partial charge in [0.1, 0.15) is 12.4 Å². The van der Waals surface area contributed by atoms with E-state index in [0.29, 0.717) is 0 Å². The molecule has 148 valence electrons. The van der Waals surface area contributed by atoms with Crippen LogP contribution in [0, 0.1) is 12.3 Å². The predicted octanol–water partition coefficient (Wildman–Crippen LogP) is 5.01. The summed E-state index contributed by atoms with van der Waals surface area (Å²) >= 11 is 0. The van der Waals surface area contributed by atoms with Crippen molar-refractivity contribution in [2.75, 3.05) is 44.6 Å². The summed E-state index contributed by atoms with van der Waals surface area (Å²) in [5, 5.41) is 0. The highest BCUT2D eigenvalue weighted by Crippen LogP contribution is 2.34. The van der Waals surface area contributed by atoms with Gasteiger partial charge < -0.3 is 14.5 Å². The number of ether oxygens (including phenoxy) is 1. The molecule has 3 heteroatoms. The van der Waals surface area contributed by atoms with Crippen LogP contribution in [0.3, 0.4) is 0 Å². The number of benzene rings is 3. The molecule has 3 aromatic rings. The summed E-state index contributed by atoms with van der Waals surface area (Å²) < 4.78 is 5.54. The van der Waals surface area contributed by atoms with Gasteiger partial charge in [-0.25, -0.2) is 0 Å². The number of rotatable bonds is 7. The highest BCUT2D eigenvalue weighted by Gasteiger charge is 2.17. The highest BCUT2D eigenvalue weighted by molar-refractivity contribution is 5.53. The van der Waals surface area contributed by atoms with Crippen molar-refractivity contribution in [3.8, 4) is 18.1 Å². The molecule has 0 atom stereocenters. The summed E-state index contributed by atoms with van der Waals surface area (Å²) in [7, 11) is 8.23. The lowest BCUT2D eigenvalue weighted by molar-refractivity contribution is 0.370. The smallest absolute Gasteiger partial charge is 0.148 e. The first-order valence-corrected chi connectivity index (χ1v) is 9.70. The Morgan fingerprint density at radius 3 is 1.41 bits per heavy atom. The van der Waals surface area contributed by atoms with Gasteiger partial charge in [0.05, 0.1) is 0 Å². The molecule has 3 aromatic carbocycles. The minimum atomic E-state index is 0.143. The van der Waals surface area contributed by atoms with Crippen molar-refractivity contribution in [3.63, 3.8) is 0 Å². The van der Waals surface area contributed by atoms with E-state index in [1.165, 1.54) is 28.1 Å². The van der Waals surface area contributed by atoms with Crippen molar-refractivity contribution in [2.24, 2.45) is 0 Å². The topological polar surface area (TPSA) is 15.7 Å². The van der Waals surface area contributed by atoms with E-state index < -0.39 is 0 Å². The maximum atomic E-state index is 5.54. The van der Waals surface area contributed by atoms with Crippen molar-refractivity contribution in [1.29, 1.82) is 0 Å². The standard InChI is InChI=1S/C26H28N2O/c1-6-19-29-25-17-11-22(12-18-25)26(20-7-13-23(14-8-20)27(2)3)21-9-15-24(16-10-21)28(4)5/h1,7-18,26H,19H2,2-5H3. The first-order chi connectivity index (χ1) is 14.0. The summed E-state index contributed by atoms with van der Waals surface area (Å²) in [6, 6.07) is 25.7. The van der Waals surface area contributed by atoms with Crippen LogP contribution in [0.1, 0.15) is 22.6 Å². The molecule has 0 aliphatic rings. The maximum Gasteiger partial charge on any atom is 0.148 e. The number of hydrogen-bond acceptors (Lipinski definition) is 3. The SMILES string of the molecule is C#CCOc1ccc(C(c2ccc(N(C)C)cc2)c2ccc(N(C)C)cc2)cc1. The van der Waals surface area contributed by atoms with E-state index in [0.717, 1.165) is 5.75 Å². The Morgan fingerprint density at radius 1 is 0.690 bits per heavy atom. The van der Waals surface area contributed by atoms with E-state index in [2.05, 4.69) is 105 Å². The van der Waals surface area contributed by atoms with Crippen molar-refractivity contribution >= 4 is 11.4 Å². The van der Waals surface area contributed by atoms with Crippen molar-refractivity contribution in [2.45, 2.75) is 5.92 Å². The molecule has 0 saturated carbocycles. The Bertz CT molecular complexity index is 898. The van der Waals surface area contributed by atoms with Crippen LogP contribution in [0.15, 0.2) is 72.8 Å². The summed E-state index contributed by atoms with van der Waals surface area (Å²) in [6.07, 6.45) is 5.29. The number of hydrogen-bond donors (Lipinski definition) is 0. The van der Waals surface area contributed by atoms with E-state index in [-0.39, 0.29) is 12.5 Å². The van der Waals surface area contributed by atoms with E-state index in [9.17, 15) is 0 Å². The molecule has 0 fully saturated rings. The lowest BCUT2D eigenvalue weighted by Gasteiger charge is -2.22. The summed E-state index contributed by atoms with van der Waals surface area (Å²) in [4.78, 5) is 4.23. The molecule has 0 unspecified atom stereocenters. The third-order valence-corrected chi connectivity index (χ3v) is 5.02. The van der Waals surface area contributed by atoms with Gasteiger partial charge in [0.2, 0.25) is 0 Å². The van der Waals surface area contributed by atoms with E-state index in [1.807, 2.05) is 12.1 Å². The Kier molecular flexibility index (Phi) is 6.46. The fraction of sp³-hybridized carbons (Fsp3) is 0.231. The average molecular weight is 385 g/mol. The Morgan fingerprint density at radius 2 is 1.07 bits per heavy atom. The first-order valence-electron chi connectivity index (χ1n) is 9.70. The van der Waals surface area contributed by atoms with Crippen molar-refractivity contribution < 1.29 is 4.74 Å². The number of terminal acetylenes is 1. The summed E-state index contributed by atoms with van der Waals surface area (Å²) in [6.45, 7) is 0.279. The largest absolute Gasteiger partial charge is 0.481 e. The number of nitrogens with zero attached hydrogens (tertiary/aromatic N) is 2. The van der Waals surface area contributed by atoms with Gasteiger partial charge in [-0.05, 0) is 53.1 Å². The van der Waals surface area contributed by atoms with Crippen LogP contribution in [-0.4, -0.2) is 34.8 Å². The van der Waals surface area contributed by atoms with Crippen LogP contribution >= 0.6 is 0 Å². The quantitative estimate of drug-likeness (QED) is 0.421. The molecular formula is C26H28N2O. The fourth-order valence-electron chi connectivity index (χ4n) is 3.39. The molecule has 0 aromatic heterocycles. The Hall–Kier alpha value is -3.38. The molecule has 3 nitrogen and oxygen atoms in total. The van der Waals surface area contributed by atoms with Gasteiger partial charge in [0.25, 0.3) is 0 Å². The van der Waals surface area contributed by atoms with Gasteiger partial charge >= 0.3 is 0 Å². The second kappa shape index (κ2) is 9.21. The highest BCUT2D eigenvalue weighted by atomic mass is 16.5. The third kappa shape index (κ3) is 4.92. The molecule has 0 spiro atoms. The van der Waals surface area contributed by atoms with Gasteiger partial charge in [-0.2, -0.15) is 0 Å². The summed E-state index contributed by atoms with van der Waals surface area (Å²) in [5.74, 6) is 3.43. The zero-order valence-corrected chi connectivity index (χ0v) is 17.6. The Balaban J connectivity index is 2.00. The molecule has 0 aliphatic heterocycles. The van der Waals surface area contributed by atoms with Gasteiger partial charge in [-0.15, -0.1) is 6.42 Å². The van der Waals surface area contributed by atoms with Gasteiger partial charge in [-0.3, -0.25) is 0 Å². The monoisotopic (exact) mass is 384 g/mol. The van der Waals surface area contributed by atoms with E-state index in [1.54, 1.807) is 0 Å². The molecule has 0 saturated heterocycles. The van der Waals surface area contributed by atoms with Crippen LogP contribution in [0.25, 0.3) is 0 Å². The zero-order chi connectivity index (χ0) is 20.8. The maximum absolute atomic E-state index is 5.54. The van der Waals surface area contributed by atoms with Crippen LogP contribution in [0.5, 0.6) is 5.75 Å². The molecule has 0 amide bonds. The van der Waals surface area contributed by atoms with Crippen LogP contribution < -0.4 is 14.5 Å². The van der Waals surface area contributed by atoms with E-state index >= 15 is 0 Å². The van der Waals surface area contributed by atoms with Gasteiger partial charge in [0, 0.05) is 45.5 Å². The molecule has 0 N–H and O–H groups in total. The second-order valence-electron chi connectivity index (χ2n) is 7.47. The zero-order valence-electron chi connectivity index (χ0n) is 17.6. The second-order valence-corrected chi connectivity index (χ2v) is 7.47. The molecule has 0 radical (unpaired) electrons. The minimum absolute atomic E-state index is 0.143. The first kappa shape index (κ1) is 20.4. The van der Waals surface area contributed by atoms with Crippen molar-refractivity contribution in [3.05, 3.63) is 89.5 Å². The van der Waals surface area contributed by atoms with Gasteiger partial charge in [-0.1, -0.05) is 42.3 Å². The van der Waals surface area contributed by atoms with Crippen molar-refractivity contribution in [1.82, 2.24) is 0 Å². The molecule has 29 heavy (non-hydrogen) atoms. The normalized spacial score (nSPS) is 10.5. The molecule has 0 heterocycles. The van der Waals surface area contributed by atoms with Crippen LogP contribution in [0.2, 0.25) is 0 Å². The fourth-order valence-corrected chi connectivity index (χ4v) is 3.39. The lowest BCUT2D eigenvalue weighted by atomic mass is 9.85. The Labute approximate surface area is 174 Å².